The van der Waals surface area contributed by atoms with Crippen molar-refractivity contribution in [3.05, 3.63) is 35.7 Å². The van der Waals surface area contributed by atoms with Crippen LogP contribution in [0.15, 0.2) is 18.2 Å². The Morgan fingerprint density at radius 2 is 2.00 bits per heavy atom. The van der Waals surface area contributed by atoms with Crippen molar-refractivity contribution in [2.24, 2.45) is 0 Å². The highest BCUT2D eigenvalue weighted by Crippen LogP contribution is 2.26. The molecular formula is C12H12BrF2N3. The zero-order chi connectivity index (χ0) is 13.3. The van der Waals surface area contributed by atoms with E-state index in [0.29, 0.717) is 17.0 Å². The third kappa shape index (κ3) is 2.29. The summed E-state index contributed by atoms with van der Waals surface area (Å²) in [6.45, 7) is 3.92. The van der Waals surface area contributed by atoms with Crippen LogP contribution in [-0.2, 0) is 5.33 Å². The third-order valence-corrected chi connectivity index (χ3v) is 3.08. The largest absolute Gasteiger partial charge is 0.308 e. The Balaban J connectivity index is 2.60. The first-order valence-electron chi connectivity index (χ1n) is 5.49. The second-order valence-corrected chi connectivity index (χ2v) is 4.72. The lowest BCUT2D eigenvalue weighted by Gasteiger charge is -2.13. The Labute approximate surface area is 112 Å². The highest BCUT2D eigenvalue weighted by atomic mass is 79.9. The number of aromatic nitrogens is 3. The molecule has 1 heterocycles. The Hall–Kier alpha value is -1.30. The maximum atomic E-state index is 13.8. The van der Waals surface area contributed by atoms with Crippen LogP contribution in [0.2, 0.25) is 0 Å². The molecule has 1 aromatic carbocycles. The Bertz CT molecular complexity index is 566. The van der Waals surface area contributed by atoms with E-state index in [1.807, 2.05) is 18.4 Å². The number of benzene rings is 1. The molecule has 0 radical (unpaired) electrons. The van der Waals surface area contributed by atoms with Gasteiger partial charge in [0.05, 0.1) is 10.9 Å². The van der Waals surface area contributed by atoms with Gasteiger partial charge in [0.2, 0.25) is 0 Å². The standard InChI is InChI=1S/C12H12BrF2N3/c1-7(2)18-11(6-13)16-17-12(18)9-4-3-8(14)5-10(9)15/h3-5,7H,6H2,1-2H3. The number of halogens is 3. The molecule has 0 aliphatic carbocycles. The molecule has 0 bridgehead atoms. The summed E-state index contributed by atoms with van der Waals surface area (Å²) in [4.78, 5) is 0. The summed E-state index contributed by atoms with van der Waals surface area (Å²) in [5.74, 6) is -0.112. The van der Waals surface area contributed by atoms with Gasteiger partial charge in [-0.3, -0.25) is 0 Å². The normalized spacial score (nSPS) is 11.2. The van der Waals surface area contributed by atoms with E-state index in [1.165, 1.54) is 12.1 Å². The van der Waals surface area contributed by atoms with E-state index in [9.17, 15) is 8.78 Å². The summed E-state index contributed by atoms with van der Waals surface area (Å²) in [7, 11) is 0. The second-order valence-electron chi connectivity index (χ2n) is 4.16. The van der Waals surface area contributed by atoms with Crippen LogP contribution in [0, 0.1) is 11.6 Å². The number of nitrogens with zero attached hydrogens (tertiary/aromatic N) is 3. The number of rotatable bonds is 3. The average Bonchev–Trinajstić information content (AvgIpc) is 2.72. The van der Waals surface area contributed by atoms with Crippen LogP contribution in [0.4, 0.5) is 8.78 Å². The van der Waals surface area contributed by atoms with E-state index < -0.39 is 11.6 Å². The van der Waals surface area contributed by atoms with Gasteiger partial charge in [-0.05, 0) is 26.0 Å². The smallest absolute Gasteiger partial charge is 0.167 e. The quantitative estimate of drug-likeness (QED) is 0.809. The molecule has 0 atom stereocenters. The topological polar surface area (TPSA) is 30.7 Å². The molecule has 6 heteroatoms. The van der Waals surface area contributed by atoms with Gasteiger partial charge < -0.3 is 4.57 Å². The van der Waals surface area contributed by atoms with Gasteiger partial charge in [0.15, 0.2) is 5.82 Å². The predicted molar refractivity (Wildman–Crippen MR) is 68.4 cm³/mol. The number of hydrogen-bond acceptors (Lipinski definition) is 2. The maximum absolute atomic E-state index is 13.8. The first kappa shape index (κ1) is 13.1. The molecule has 0 spiro atoms. The second kappa shape index (κ2) is 5.14. The van der Waals surface area contributed by atoms with Crippen LogP contribution >= 0.6 is 15.9 Å². The number of alkyl halides is 1. The van der Waals surface area contributed by atoms with Crippen LogP contribution < -0.4 is 0 Å². The molecule has 0 amide bonds. The van der Waals surface area contributed by atoms with Crippen molar-refractivity contribution in [2.45, 2.75) is 25.2 Å². The summed E-state index contributed by atoms with van der Waals surface area (Å²) in [6.07, 6.45) is 0. The molecule has 0 saturated carbocycles. The molecule has 3 nitrogen and oxygen atoms in total. The molecule has 0 aliphatic rings. The molecular weight excluding hydrogens is 304 g/mol. The zero-order valence-electron chi connectivity index (χ0n) is 9.99. The molecule has 0 aliphatic heterocycles. The average molecular weight is 316 g/mol. The van der Waals surface area contributed by atoms with Gasteiger partial charge in [-0.2, -0.15) is 0 Å². The molecule has 96 valence electrons. The summed E-state index contributed by atoms with van der Waals surface area (Å²) in [6, 6.07) is 3.53. The lowest BCUT2D eigenvalue weighted by molar-refractivity contribution is 0.571. The molecule has 0 fully saturated rings. The van der Waals surface area contributed by atoms with Crippen molar-refractivity contribution in [1.29, 1.82) is 0 Å². The van der Waals surface area contributed by atoms with Gasteiger partial charge in [0.1, 0.15) is 17.5 Å². The molecule has 18 heavy (non-hydrogen) atoms. The highest BCUT2D eigenvalue weighted by Gasteiger charge is 2.18. The van der Waals surface area contributed by atoms with E-state index in [0.717, 1.165) is 6.07 Å². The molecule has 2 aromatic rings. The van der Waals surface area contributed by atoms with Gasteiger partial charge in [0.25, 0.3) is 0 Å². The fourth-order valence-electron chi connectivity index (χ4n) is 1.81. The molecule has 0 unspecified atom stereocenters. The first-order chi connectivity index (χ1) is 8.54. The molecule has 1 aromatic heterocycles. The van der Waals surface area contributed by atoms with Gasteiger partial charge in [-0.15, -0.1) is 10.2 Å². The minimum absolute atomic E-state index is 0.0898. The van der Waals surface area contributed by atoms with Gasteiger partial charge in [0, 0.05) is 12.1 Å². The van der Waals surface area contributed by atoms with Gasteiger partial charge in [-0.25, -0.2) is 8.78 Å². The van der Waals surface area contributed by atoms with E-state index >= 15 is 0 Å². The Morgan fingerprint density at radius 1 is 1.28 bits per heavy atom. The lowest BCUT2D eigenvalue weighted by atomic mass is 10.2. The van der Waals surface area contributed by atoms with E-state index in [-0.39, 0.29) is 11.6 Å². The van der Waals surface area contributed by atoms with Crippen LogP contribution in [-0.4, -0.2) is 14.8 Å². The fourth-order valence-corrected chi connectivity index (χ4v) is 2.19. The molecule has 2 rings (SSSR count). The van der Waals surface area contributed by atoms with E-state index in [4.69, 9.17) is 0 Å². The monoisotopic (exact) mass is 315 g/mol. The minimum Gasteiger partial charge on any atom is -0.308 e. The fraction of sp³-hybridized carbons (Fsp3) is 0.333. The minimum atomic E-state index is -0.634. The maximum Gasteiger partial charge on any atom is 0.167 e. The van der Waals surface area contributed by atoms with Crippen molar-refractivity contribution < 1.29 is 8.78 Å². The lowest BCUT2D eigenvalue weighted by Crippen LogP contribution is -2.07. The van der Waals surface area contributed by atoms with E-state index in [1.54, 1.807) is 0 Å². The van der Waals surface area contributed by atoms with Gasteiger partial charge >= 0.3 is 0 Å². The SMILES string of the molecule is CC(C)n1c(CBr)nnc1-c1ccc(F)cc1F. The Morgan fingerprint density at radius 3 is 2.56 bits per heavy atom. The molecule has 0 N–H and O–H groups in total. The van der Waals surface area contributed by atoms with E-state index in [2.05, 4.69) is 26.1 Å². The summed E-state index contributed by atoms with van der Waals surface area (Å²) >= 11 is 3.32. The summed E-state index contributed by atoms with van der Waals surface area (Å²) in [5, 5.41) is 8.52. The van der Waals surface area contributed by atoms with Crippen molar-refractivity contribution >= 4 is 15.9 Å². The Kier molecular flexibility index (Phi) is 3.75. The van der Waals surface area contributed by atoms with Crippen molar-refractivity contribution in [2.75, 3.05) is 0 Å². The first-order valence-corrected chi connectivity index (χ1v) is 6.62. The predicted octanol–water partition coefficient (Wildman–Crippen LogP) is 3.70. The highest BCUT2D eigenvalue weighted by molar-refractivity contribution is 9.08. The van der Waals surface area contributed by atoms with Crippen molar-refractivity contribution in [3.8, 4) is 11.4 Å². The van der Waals surface area contributed by atoms with Crippen molar-refractivity contribution in [1.82, 2.24) is 14.8 Å². The van der Waals surface area contributed by atoms with Crippen LogP contribution in [0.1, 0.15) is 25.7 Å². The van der Waals surface area contributed by atoms with Crippen LogP contribution in [0.25, 0.3) is 11.4 Å². The molecule has 0 saturated heterocycles. The van der Waals surface area contributed by atoms with Crippen LogP contribution in [0.5, 0.6) is 0 Å². The van der Waals surface area contributed by atoms with Gasteiger partial charge in [-0.1, -0.05) is 15.9 Å². The summed E-state index contributed by atoms with van der Waals surface area (Å²) in [5.41, 5.74) is 0.254. The van der Waals surface area contributed by atoms with Crippen LogP contribution in [0.3, 0.4) is 0 Å². The van der Waals surface area contributed by atoms with Crippen molar-refractivity contribution in [3.63, 3.8) is 0 Å². The number of hydrogen-bond donors (Lipinski definition) is 0. The third-order valence-electron chi connectivity index (χ3n) is 2.57. The summed E-state index contributed by atoms with van der Waals surface area (Å²) < 4.78 is 28.5. The zero-order valence-corrected chi connectivity index (χ0v) is 11.6.